The Morgan fingerprint density at radius 2 is 2.05 bits per heavy atom. The number of sulfonamides is 1. The summed E-state index contributed by atoms with van der Waals surface area (Å²) < 4.78 is 30.4. The van der Waals surface area contributed by atoms with E-state index in [1.807, 2.05) is 6.92 Å². The number of amides is 1. The van der Waals surface area contributed by atoms with Crippen molar-refractivity contribution in [3.05, 3.63) is 0 Å². The van der Waals surface area contributed by atoms with Gasteiger partial charge >= 0.3 is 0 Å². The first-order chi connectivity index (χ1) is 9.45. The molecule has 0 radical (unpaired) electrons. The summed E-state index contributed by atoms with van der Waals surface area (Å²) in [5.74, 6) is -0.486. The lowest BCUT2D eigenvalue weighted by molar-refractivity contribution is -0.120. The molecular weight excluding hydrogens is 284 g/mol. The van der Waals surface area contributed by atoms with Crippen LogP contribution in [0.5, 0.6) is 0 Å². The van der Waals surface area contributed by atoms with Crippen LogP contribution in [0, 0.1) is 0 Å². The lowest BCUT2D eigenvalue weighted by Crippen LogP contribution is -2.42. The zero-order valence-corrected chi connectivity index (χ0v) is 12.7. The summed E-state index contributed by atoms with van der Waals surface area (Å²) in [6.45, 7) is 3.74. The van der Waals surface area contributed by atoms with Crippen LogP contribution >= 0.6 is 0 Å². The van der Waals surface area contributed by atoms with Crippen LogP contribution in [0.4, 0.5) is 0 Å². The molecule has 1 amide bonds. The Morgan fingerprint density at radius 3 is 2.65 bits per heavy atom. The van der Waals surface area contributed by atoms with Gasteiger partial charge in [0.1, 0.15) is 0 Å². The van der Waals surface area contributed by atoms with Gasteiger partial charge in [0.05, 0.1) is 25.1 Å². The van der Waals surface area contributed by atoms with E-state index < -0.39 is 16.1 Å². The molecule has 1 aliphatic heterocycles. The normalized spacial score (nSPS) is 18.7. The van der Waals surface area contributed by atoms with Crippen molar-refractivity contribution in [3.8, 4) is 0 Å². The molecular formula is C12H24N2O5S. The van der Waals surface area contributed by atoms with Gasteiger partial charge in [-0.15, -0.1) is 0 Å². The number of nitrogens with one attached hydrogen (secondary N) is 1. The number of morpholine rings is 1. The van der Waals surface area contributed by atoms with Crippen molar-refractivity contribution in [1.29, 1.82) is 0 Å². The lowest BCUT2D eigenvalue weighted by Gasteiger charge is -2.25. The van der Waals surface area contributed by atoms with Crippen LogP contribution in [0.1, 0.15) is 26.2 Å². The number of aliphatic hydroxyl groups is 1. The fourth-order valence-corrected chi connectivity index (χ4v) is 3.25. The molecule has 1 unspecified atom stereocenters. The van der Waals surface area contributed by atoms with Crippen LogP contribution in [-0.2, 0) is 19.6 Å². The van der Waals surface area contributed by atoms with Crippen molar-refractivity contribution in [3.63, 3.8) is 0 Å². The minimum Gasteiger partial charge on any atom is -0.393 e. The zero-order chi connectivity index (χ0) is 15.0. The highest BCUT2D eigenvalue weighted by Crippen LogP contribution is 2.06. The number of rotatable bonds is 8. The van der Waals surface area contributed by atoms with Gasteiger partial charge < -0.3 is 15.2 Å². The molecule has 20 heavy (non-hydrogen) atoms. The maximum absolute atomic E-state index is 12.0. The molecule has 1 saturated heterocycles. The van der Waals surface area contributed by atoms with Gasteiger partial charge in [-0.05, 0) is 12.8 Å². The molecule has 0 spiro atoms. The molecule has 1 fully saturated rings. The Balaban J connectivity index is 2.25. The number of hydrogen-bond donors (Lipinski definition) is 2. The monoisotopic (exact) mass is 308 g/mol. The van der Waals surface area contributed by atoms with E-state index >= 15 is 0 Å². The number of nitrogens with zero attached hydrogens (tertiary/aromatic N) is 1. The fraction of sp³-hybridized carbons (Fsp3) is 0.917. The van der Waals surface area contributed by atoms with Gasteiger partial charge in [-0.3, -0.25) is 4.79 Å². The Hall–Kier alpha value is -0.700. The second-order valence-electron chi connectivity index (χ2n) is 4.78. The highest BCUT2D eigenvalue weighted by Gasteiger charge is 2.24. The SMILES string of the molecule is CCC(O)CCNC(=O)CCS(=O)(=O)N1CCOCC1. The third kappa shape index (κ3) is 6.17. The van der Waals surface area contributed by atoms with Gasteiger partial charge in [0, 0.05) is 26.1 Å². The van der Waals surface area contributed by atoms with Crippen molar-refractivity contribution in [1.82, 2.24) is 9.62 Å². The van der Waals surface area contributed by atoms with E-state index in [2.05, 4.69) is 5.32 Å². The minimum atomic E-state index is -3.38. The predicted octanol–water partition coefficient (Wildman–Crippen LogP) is -0.684. The van der Waals surface area contributed by atoms with E-state index in [0.717, 1.165) is 0 Å². The number of carbonyl (C=O) groups is 1. The molecule has 0 aliphatic carbocycles. The van der Waals surface area contributed by atoms with E-state index in [0.29, 0.717) is 45.7 Å². The van der Waals surface area contributed by atoms with E-state index in [1.54, 1.807) is 0 Å². The molecule has 1 heterocycles. The molecule has 0 saturated carbocycles. The summed E-state index contributed by atoms with van der Waals surface area (Å²) >= 11 is 0. The van der Waals surface area contributed by atoms with Crippen LogP contribution in [0.25, 0.3) is 0 Å². The Kier molecular flexibility index (Phi) is 7.42. The zero-order valence-electron chi connectivity index (χ0n) is 11.9. The standard InChI is InChI=1S/C12H24N2O5S/c1-2-11(15)3-5-13-12(16)4-10-20(17,18)14-6-8-19-9-7-14/h11,15H,2-10H2,1H3,(H,13,16). The van der Waals surface area contributed by atoms with Gasteiger partial charge in [0.25, 0.3) is 0 Å². The van der Waals surface area contributed by atoms with Crippen molar-refractivity contribution < 1.29 is 23.1 Å². The maximum Gasteiger partial charge on any atom is 0.221 e. The van der Waals surface area contributed by atoms with Crippen LogP contribution in [0.15, 0.2) is 0 Å². The van der Waals surface area contributed by atoms with Gasteiger partial charge in [-0.2, -0.15) is 4.31 Å². The summed E-state index contributed by atoms with van der Waals surface area (Å²) in [7, 11) is -3.38. The second kappa shape index (κ2) is 8.56. The van der Waals surface area contributed by atoms with Crippen molar-refractivity contribution in [2.75, 3.05) is 38.6 Å². The molecule has 0 bridgehead atoms. The fourth-order valence-electron chi connectivity index (χ4n) is 1.85. The molecule has 1 aliphatic rings. The molecule has 0 aromatic carbocycles. The van der Waals surface area contributed by atoms with Gasteiger partial charge in [-0.1, -0.05) is 6.92 Å². The van der Waals surface area contributed by atoms with E-state index in [1.165, 1.54) is 4.31 Å². The first-order valence-electron chi connectivity index (χ1n) is 6.96. The van der Waals surface area contributed by atoms with Crippen LogP contribution < -0.4 is 5.32 Å². The minimum absolute atomic E-state index is 0.0537. The first-order valence-corrected chi connectivity index (χ1v) is 8.57. The number of ether oxygens (including phenoxy) is 1. The summed E-state index contributed by atoms with van der Waals surface area (Å²) in [5.41, 5.74) is 0. The molecule has 0 aromatic heterocycles. The summed E-state index contributed by atoms with van der Waals surface area (Å²) in [4.78, 5) is 11.5. The second-order valence-corrected chi connectivity index (χ2v) is 6.87. The predicted molar refractivity (Wildman–Crippen MR) is 74.7 cm³/mol. The Bertz CT molecular complexity index is 393. The van der Waals surface area contributed by atoms with Gasteiger partial charge in [-0.25, -0.2) is 8.42 Å². The lowest BCUT2D eigenvalue weighted by atomic mass is 10.2. The van der Waals surface area contributed by atoms with Crippen LogP contribution in [-0.4, -0.2) is 68.4 Å². The molecule has 1 atom stereocenters. The molecule has 0 aromatic rings. The third-order valence-electron chi connectivity index (χ3n) is 3.22. The summed E-state index contributed by atoms with van der Waals surface area (Å²) in [5, 5.41) is 12.0. The Morgan fingerprint density at radius 1 is 1.40 bits per heavy atom. The van der Waals surface area contributed by atoms with Crippen molar-refractivity contribution >= 4 is 15.9 Å². The smallest absolute Gasteiger partial charge is 0.221 e. The molecule has 7 nitrogen and oxygen atoms in total. The largest absolute Gasteiger partial charge is 0.393 e. The quantitative estimate of drug-likeness (QED) is 0.619. The summed E-state index contributed by atoms with van der Waals surface area (Å²) in [6, 6.07) is 0. The van der Waals surface area contributed by atoms with E-state index in [-0.39, 0.29) is 18.1 Å². The van der Waals surface area contributed by atoms with Crippen LogP contribution in [0.3, 0.4) is 0 Å². The van der Waals surface area contributed by atoms with Crippen molar-refractivity contribution in [2.24, 2.45) is 0 Å². The van der Waals surface area contributed by atoms with Gasteiger partial charge in [0.15, 0.2) is 0 Å². The number of aliphatic hydroxyl groups excluding tert-OH is 1. The number of carbonyl (C=O) groups excluding carboxylic acids is 1. The topological polar surface area (TPSA) is 95.9 Å². The van der Waals surface area contributed by atoms with Gasteiger partial charge in [0.2, 0.25) is 15.9 Å². The van der Waals surface area contributed by atoms with E-state index in [9.17, 15) is 18.3 Å². The molecule has 118 valence electrons. The third-order valence-corrected chi connectivity index (χ3v) is 5.09. The summed E-state index contributed by atoms with van der Waals surface area (Å²) in [6.07, 6.45) is 0.647. The molecule has 1 rings (SSSR count). The van der Waals surface area contributed by atoms with Crippen molar-refractivity contribution in [2.45, 2.75) is 32.3 Å². The highest BCUT2D eigenvalue weighted by atomic mass is 32.2. The highest BCUT2D eigenvalue weighted by molar-refractivity contribution is 7.89. The first kappa shape index (κ1) is 17.4. The van der Waals surface area contributed by atoms with E-state index in [4.69, 9.17) is 4.74 Å². The molecule has 8 heteroatoms. The average Bonchev–Trinajstić information content (AvgIpc) is 2.46. The maximum atomic E-state index is 12.0. The number of hydrogen-bond acceptors (Lipinski definition) is 5. The van der Waals surface area contributed by atoms with Crippen LogP contribution in [0.2, 0.25) is 0 Å². The Labute approximate surface area is 120 Å². The average molecular weight is 308 g/mol. The molecule has 2 N–H and O–H groups in total.